The number of urea groups is 1. The molecule has 39 heavy (non-hydrogen) atoms. The SMILES string of the molecule is CC(C)[C@H](C)C(=O)C[C@@H](CCCNC(N)=O)C(=O)Nc1ccc(COC(=O)N(C)CCN(C)C(C)(C)C)cc1. The number of amides is 4. The molecule has 0 aliphatic heterocycles. The molecule has 0 aliphatic carbocycles. The van der Waals surface area contributed by atoms with E-state index in [1.54, 1.807) is 36.2 Å². The number of primary amides is 1. The summed E-state index contributed by atoms with van der Waals surface area (Å²) >= 11 is 0. The Balaban J connectivity index is 2.68. The summed E-state index contributed by atoms with van der Waals surface area (Å²) in [7, 11) is 3.73. The van der Waals surface area contributed by atoms with Crippen LogP contribution in [0.3, 0.4) is 0 Å². The third-order valence-electron chi connectivity index (χ3n) is 7.17. The number of ether oxygens (including phenoxy) is 1. The maximum atomic E-state index is 13.1. The minimum Gasteiger partial charge on any atom is -0.445 e. The van der Waals surface area contributed by atoms with Crippen LogP contribution in [0, 0.1) is 17.8 Å². The van der Waals surface area contributed by atoms with Gasteiger partial charge in [0.1, 0.15) is 12.4 Å². The second kappa shape index (κ2) is 16.1. The first-order valence-electron chi connectivity index (χ1n) is 13.7. The highest BCUT2D eigenvalue weighted by atomic mass is 16.6. The molecule has 1 aromatic rings. The van der Waals surface area contributed by atoms with E-state index in [-0.39, 0.29) is 42.1 Å². The second-order valence-electron chi connectivity index (χ2n) is 11.6. The Morgan fingerprint density at radius 3 is 2.15 bits per heavy atom. The van der Waals surface area contributed by atoms with E-state index in [0.717, 1.165) is 12.1 Å². The van der Waals surface area contributed by atoms with Crippen LogP contribution in [0.1, 0.15) is 66.4 Å². The van der Waals surface area contributed by atoms with Crippen molar-refractivity contribution in [2.75, 3.05) is 39.0 Å². The quantitative estimate of drug-likeness (QED) is 0.281. The van der Waals surface area contributed by atoms with Gasteiger partial charge < -0.3 is 26.0 Å². The fourth-order valence-corrected chi connectivity index (χ4v) is 3.60. The number of rotatable bonds is 15. The van der Waals surface area contributed by atoms with Gasteiger partial charge in [-0.3, -0.25) is 14.5 Å². The normalized spacial score (nSPS) is 13.1. The van der Waals surface area contributed by atoms with Crippen molar-refractivity contribution in [3.05, 3.63) is 29.8 Å². The van der Waals surface area contributed by atoms with Gasteiger partial charge in [0.2, 0.25) is 5.91 Å². The molecule has 4 amide bonds. The van der Waals surface area contributed by atoms with Gasteiger partial charge >= 0.3 is 12.1 Å². The molecule has 0 bridgehead atoms. The molecule has 0 saturated carbocycles. The Kier molecular flexibility index (Phi) is 14.0. The fourth-order valence-electron chi connectivity index (χ4n) is 3.60. The zero-order valence-corrected chi connectivity index (χ0v) is 25.0. The molecule has 2 atom stereocenters. The summed E-state index contributed by atoms with van der Waals surface area (Å²) in [5.74, 6) is -0.699. The number of carbonyl (C=O) groups excluding carboxylic acids is 4. The minimum absolute atomic E-state index is 0.0199. The predicted molar refractivity (Wildman–Crippen MR) is 154 cm³/mol. The topological polar surface area (TPSA) is 134 Å². The van der Waals surface area contributed by atoms with Gasteiger partial charge in [0.25, 0.3) is 0 Å². The molecular formula is C29H49N5O5. The van der Waals surface area contributed by atoms with Crippen molar-refractivity contribution in [1.82, 2.24) is 15.1 Å². The number of carbonyl (C=O) groups is 4. The smallest absolute Gasteiger partial charge is 0.409 e. The third-order valence-corrected chi connectivity index (χ3v) is 7.17. The van der Waals surface area contributed by atoms with Crippen molar-refractivity contribution in [3.8, 4) is 0 Å². The zero-order chi connectivity index (χ0) is 29.8. The molecule has 0 spiro atoms. The molecule has 0 aromatic heterocycles. The number of Topliss-reactive ketones (excluding diaryl/α,β-unsaturated/α-hetero) is 1. The van der Waals surface area contributed by atoms with Crippen LogP contribution in [0.5, 0.6) is 0 Å². The van der Waals surface area contributed by atoms with Crippen molar-refractivity contribution in [2.45, 2.75) is 73.0 Å². The molecule has 0 aliphatic rings. The van der Waals surface area contributed by atoms with E-state index in [4.69, 9.17) is 10.5 Å². The standard InChI is InChI=1S/C29H49N5O5/c1-20(2)21(3)25(35)18-23(10-9-15-31-27(30)37)26(36)32-24-13-11-22(12-14-24)19-39-28(38)33(7)16-17-34(8)29(4,5)6/h11-14,20-21,23H,9-10,15-19H2,1-8H3,(H,32,36)(H3,30,31,37)/t21-,23+/m0/s1. The van der Waals surface area contributed by atoms with Crippen molar-refractivity contribution in [1.29, 1.82) is 0 Å². The number of hydrogen-bond donors (Lipinski definition) is 3. The van der Waals surface area contributed by atoms with E-state index in [0.29, 0.717) is 31.6 Å². The average molecular weight is 548 g/mol. The van der Waals surface area contributed by atoms with Crippen molar-refractivity contribution >= 4 is 29.5 Å². The molecule has 0 saturated heterocycles. The highest BCUT2D eigenvalue weighted by molar-refractivity contribution is 5.95. The summed E-state index contributed by atoms with van der Waals surface area (Å²) in [4.78, 5) is 52.8. The van der Waals surface area contributed by atoms with Gasteiger partial charge in [0.05, 0.1) is 0 Å². The first kappa shape index (κ1) is 33.9. The van der Waals surface area contributed by atoms with E-state index in [1.807, 2.05) is 27.8 Å². The average Bonchev–Trinajstić information content (AvgIpc) is 2.86. The number of nitrogens with zero attached hydrogens (tertiary/aromatic N) is 2. The Bertz CT molecular complexity index is 942. The lowest BCUT2D eigenvalue weighted by molar-refractivity contribution is -0.129. The fraction of sp³-hybridized carbons (Fsp3) is 0.655. The molecule has 4 N–H and O–H groups in total. The van der Waals surface area contributed by atoms with Crippen molar-refractivity contribution in [3.63, 3.8) is 0 Å². The maximum Gasteiger partial charge on any atom is 0.409 e. The van der Waals surface area contributed by atoms with Crippen LogP contribution in [0.25, 0.3) is 0 Å². The summed E-state index contributed by atoms with van der Waals surface area (Å²) in [5, 5.41) is 5.41. The van der Waals surface area contributed by atoms with Crippen molar-refractivity contribution < 1.29 is 23.9 Å². The monoisotopic (exact) mass is 547 g/mol. The van der Waals surface area contributed by atoms with Gasteiger partial charge in [-0.05, 0) is 64.3 Å². The molecule has 0 radical (unpaired) electrons. The molecule has 0 fully saturated rings. The number of hydrogen-bond acceptors (Lipinski definition) is 6. The number of likely N-dealkylation sites (N-methyl/N-ethyl adjacent to an activating group) is 2. The highest BCUT2D eigenvalue weighted by Gasteiger charge is 2.26. The predicted octanol–water partition coefficient (Wildman–Crippen LogP) is 4.24. The van der Waals surface area contributed by atoms with Crippen LogP contribution in [0.4, 0.5) is 15.3 Å². The zero-order valence-electron chi connectivity index (χ0n) is 25.0. The van der Waals surface area contributed by atoms with E-state index in [2.05, 4.69) is 36.3 Å². The number of ketones is 1. The van der Waals surface area contributed by atoms with Crippen LogP contribution < -0.4 is 16.4 Å². The number of anilines is 1. The summed E-state index contributed by atoms with van der Waals surface area (Å²) < 4.78 is 5.43. The Hall–Kier alpha value is -3.14. The van der Waals surface area contributed by atoms with Crippen LogP contribution in [-0.4, -0.2) is 72.9 Å². The summed E-state index contributed by atoms with van der Waals surface area (Å²) in [6, 6.07) is 6.44. The number of nitrogens with one attached hydrogen (secondary N) is 2. The van der Waals surface area contributed by atoms with E-state index in [1.165, 1.54) is 0 Å². The van der Waals surface area contributed by atoms with E-state index in [9.17, 15) is 19.2 Å². The molecule has 220 valence electrons. The molecule has 1 rings (SSSR count). The summed E-state index contributed by atoms with van der Waals surface area (Å²) in [6.45, 7) is 13.9. The van der Waals surface area contributed by atoms with Crippen LogP contribution >= 0.6 is 0 Å². The van der Waals surface area contributed by atoms with E-state index < -0.39 is 18.0 Å². The molecule has 0 heterocycles. The van der Waals surface area contributed by atoms with Gasteiger partial charge in [0.15, 0.2) is 0 Å². The lowest BCUT2D eigenvalue weighted by Crippen LogP contribution is -2.43. The third kappa shape index (κ3) is 13.0. The van der Waals surface area contributed by atoms with Gasteiger partial charge in [-0.25, -0.2) is 9.59 Å². The highest BCUT2D eigenvalue weighted by Crippen LogP contribution is 2.21. The Morgan fingerprint density at radius 2 is 1.62 bits per heavy atom. The number of benzene rings is 1. The van der Waals surface area contributed by atoms with Crippen LogP contribution in [0.15, 0.2) is 24.3 Å². The summed E-state index contributed by atoms with van der Waals surface area (Å²) in [5.41, 5.74) is 6.51. The molecule has 0 unspecified atom stereocenters. The molecule has 10 heteroatoms. The Labute approximate surface area is 234 Å². The first-order chi connectivity index (χ1) is 18.1. The molecule has 10 nitrogen and oxygen atoms in total. The molecular weight excluding hydrogens is 498 g/mol. The lowest BCUT2D eigenvalue weighted by Gasteiger charge is -2.33. The first-order valence-corrected chi connectivity index (χ1v) is 13.7. The van der Waals surface area contributed by atoms with Gasteiger partial charge in [-0.15, -0.1) is 0 Å². The van der Waals surface area contributed by atoms with Crippen molar-refractivity contribution in [2.24, 2.45) is 23.5 Å². The van der Waals surface area contributed by atoms with Crippen LogP contribution in [0.2, 0.25) is 0 Å². The maximum absolute atomic E-state index is 13.1. The second-order valence-corrected chi connectivity index (χ2v) is 11.6. The van der Waals surface area contributed by atoms with Gasteiger partial charge in [-0.2, -0.15) is 0 Å². The largest absolute Gasteiger partial charge is 0.445 e. The summed E-state index contributed by atoms with van der Waals surface area (Å²) in [6.07, 6.45) is 0.698. The van der Waals surface area contributed by atoms with E-state index >= 15 is 0 Å². The number of nitrogens with two attached hydrogens (primary N) is 1. The van der Waals surface area contributed by atoms with Gasteiger partial charge in [0, 0.05) is 56.2 Å². The Morgan fingerprint density at radius 1 is 1.00 bits per heavy atom. The van der Waals surface area contributed by atoms with Crippen LogP contribution in [-0.2, 0) is 20.9 Å². The minimum atomic E-state index is -0.619. The molecule has 1 aromatic carbocycles. The van der Waals surface area contributed by atoms with Gasteiger partial charge in [-0.1, -0.05) is 32.9 Å². The lowest BCUT2D eigenvalue weighted by atomic mass is 9.86.